The number of methoxy groups -OCH3 is 1. The molecule has 34 heavy (non-hydrogen) atoms. The summed E-state index contributed by atoms with van der Waals surface area (Å²) in [6.45, 7) is 0.237. The van der Waals surface area contributed by atoms with E-state index in [1.807, 2.05) is 0 Å². The standard InChI is InChI=1S/C23H19F3N4O4/c1-33-12-20(31)18-11-21(28-13-27-18)34-17-5-6-19-14(9-17)7-8-30(19)22(32)29-16-4-2-3-15(10-16)23(24,25)26/h2-6,9-11,13H,7-8,12H2,1H3,(H,29,32). The number of nitrogens with one attached hydrogen (secondary N) is 1. The fourth-order valence-corrected chi connectivity index (χ4v) is 3.49. The summed E-state index contributed by atoms with van der Waals surface area (Å²) in [4.78, 5) is 34.0. The maximum absolute atomic E-state index is 12.9. The summed E-state index contributed by atoms with van der Waals surface area (Å²) in [5, 5.41) is 2.52. The second kappa shape index (κ2) is 9.48. The Bertz CT molecular complexity index is 1230. The smallest absolute Gasteiger partial charge is 0.416 e. The van der Waals surface area contributed by atoms with Gasteiger partial charge in [0.15, 0.2) is 0 Å². The predicted octanol–water partition coefficient (Wildman–Crippen LogP) is 4.71. The van der Waals surface area contributed by atoms with Crippen LogP contribution >= 0.6 is 0 Å². The summed E-state index contributed by atoms with van der Waals surface area (Å²) >= 11 is 0. The molecule has 0 radical (unpaired) electrons. The van der Waals surface area contributed by atoms with Gasteiger partial charge in [0.1, 0.15) is 24.4 Å². The Morgan fingerprint density at radius 2 is 1.94 bits per heavy atom. The number of hydrogen-bond acceptors (Lipinski definition) is 6. The van der Waals surface area contributed by atoms with Gasteiger partial charge in [-0.15, -0.1) is 0 Å². The molecule has 0 unspecified atom stereocenters. The fraction of sp³-hybridized carbons (Fsp3) is 0.217. The molecule has 4 rings (SSSR count). The van der Waals surface area contributed by atoms with Crippen LogP contribution in [0.25, 0.3) is 0 Å². The highest BCUT2D eigenvalue weighted by Gasteiger charge is 2.31. The van der Waals surface area contributed by atoms with E-state index in [9.17, 15) is 22.8 Å². The molecule has 0 saturated heterocycles. The number of nitrogens with zero attached hydrogens (tertiary/aromatic N) is 3. The van der Waals surface area contributed by atoms with Crippen molar-refractivity contribution in [1.29, 1.82) is 0 Å². The number of rotatable bonds is 6. The molecule has 1 aliphatic rings. The largest absolute Gasteiger partial charge is 0.439 e. The first-order valence-corrected chi connectivity index (χ1v) is 10.2. The van der Waals surface area contributed by atoms with E-state index in [1.54, 1.807) is 18.2 Å². The molecule has 0 bridgehead atoms. The van der Waals surface area contributed by atoms with Crippen LogP contribution in [0.4, 0.5) is 29.3 Å². The van der Waals surface area contributed by atoms with E-state index in [0.29, 0.717) is 24.4 Å². The fourth-order valence-electron chi connectivity index (χ4n) is 3.49. The number of halogens is 3. The molecular weight excluding hydrogens is 453 g/mol. The number of amides is 2. The second-order valence-electron chi connectivity index (χ2n) is 7.40. The zero-order valence-corrected chi connectivity index (χ0v) is 17.9. The van der Waals surface area contributed by atoms with Crippen molar-refractivity contribution in [3.05, 3.63) is 71.7 Å². The second-order valence-corrected chi connectivity index (χ2v) is 7.40. The number of alkyl halides is 3. The number of ketones is 1. The van der Waals surface area contributed by atoms with Crippen molar-refractivity contribution < 1.29 is 32.2 Å². The molecule has 2 heterocycles. The molecule has 0 aliphatic carbocycles. The number of hydrogen-bond donors (Lipinski definition) is 1. The topological polar surface area (TPSA) is 93.7 Å². The molecule has 0 fully saturated rings. The van der Waals surface area contributed by atoms with Gasteiger partial charge >= 0.3 is 12.2 Å². The third-order valence-electron chi connectivity index (χ3n) is 5.06. The predicted molar refractivity (Wildman–Crippen MR) is 116 cm³/mol. The molecule has 8 nitrogen and oxygen atoms in total. The van der Waals surface area contributed by atoms with Gasteiger partial charge in [-0.2, -0.15) is 13.2 Å². The van der Waals surface area contributed by atoms with E-state index < -0.39 is 17.8 Å². The van der Waals surface area contributed by atoms with Crippen LogP contribution in [0.15, 0.2) is 54.9 Å². The lowest BCUT2D eigenvalue weighted by atomic mass is 10.1. The van der Waals surface area contributed by atoms with Gasteiger partial charge in [-0.05, 0) is 48.4 Å². The van der Waals surface area contributed by atoms with Gasteiger partial charge in [0.05, 0.1) is 5.56 Å². The molecule has 1 aliphatic heterocycles. The molecule has 0 atom stereocenters. The van der Waals surface area contributed by atoms with Crippen LogP contribution in [-0.2, 0) is 17.3 Å². The van der Waals surface area contributed by atoms with E-state index in [1.165, 1.54) is 36.5 Å². The van der Waals surface area contributed by atoms with Crippen molar-refractivity contribution >= 4 is 23.2 Å². The summed E-state index contributed by atoms with van der Waals surface area (Å²) in [6.07, 6.45) is -2.76. The molecule has 176 valence electrons. The van der Waals surface area contributed by atoms with E-state index in [-0.39, 0.29) is 29.7 Å². The van der Waals surface area contributed by atoms with Crippen molar-refractivity contribution in [2.45, 2.75) is 12.6 Å². The molecule has 2 aromatic carbocycles. The van der Waals surface area contributed by atoms with Gasteiger partial charge in [0, 0.05) is 31.1 Å². The van der Waals surface area contributed by atoms with Gasteiger partial charge in [-0.3, -0.25) is 9.69 Å². The molecule has 1 N–H and O–H groups in total. The lowest BCUT2D eigenvalue weighted by Gasteiger charge is -2.19. The maximum Gasteiger partial charge on any atom is 0.416 e. The Morgan fingerprint density at radius 3 is 2.71 bits per heavy atom. The van der Waals surface area contributed by atoms with Crippen LogP contribution in [0.2, 0.25) is 0 Å². The summed E-state index contributed by atoms with van der Waals surface area (Å²) in [5.74, 6) is 0.306. The molecule has 1 aromatic heterocycles. The highest BCUT2D eigenvalue weighted by Crippen LogP contribution is 2.34. The zero-order chi connectivity index (χ0) is 24.3. The Hall–Kier alpha value is -3.99. The lowest BCUT2D eigenvalue weighted by molar-refractivity contribution is -0.137. The summed E-state index contributed by atoms with van der Waals surface area (Å²) < 4.78 is 49.3. The van der Waals surface area contributed by atoms with Gasteiger partial charge in [-0.1, -0.05) is 6.07 Å². The van der Waals surface area contributed by atoms with Crippen LogP contribution in [0.3, 0.4) is 0 Å². The molecule has 3 aromatic rings. The highest BCUT2D eigenvalue weighted by atomic mass is 19.4. The van der Waals surface area contributed by atoms with Crippen LogP contribution in [0.1, 0.15) is 21.6 Å². The van der Waals surface area contributed by atoms with Crippen molar-refractivity contribution in [3.8, 4) is 11.6 Å². The van der Waals surface area contributed by atoms with E-state index >= 15 is 0 Å². The normalized spacial score (nSPS) is 12.9. The van der Waals surface area contributed by atoms with Crippen LogP contribution in [0, 0.1) is 0 Å². The summed E-state index contributed by atoms with van der Waals surface area (Å²) in [5.41, 5.74) is 0.809. The Kier molecular flexibility index (Phi) is 6.46. The third-order valence-corrected chi connectivity index (χ3v) is 5.06. The zero-order valence-electron chi connectivity index (χ0n) is 17.9. The Labute approximate surface area is 192 Å². The average molecular weight is 472 g/mol. The summed E-state index contributed by atoms with van der Waals surface area (Å²) in [7, 11) is 1.41. The minimum absolute atomic E-state index is 0.0517. The first kappa shape index (κ1) is 23.2. The van der Waals surface area contributed by atoms with Gasteiger partial charge in [0.25, 0.3) is 0 Å². The average Bonchev–Trinajstić information content (AvgIpc) is 3.22. The SMILES string of the molecule is COCC(=O)c1cc(Oc2ccc3c(c2)CCN3C(=O)Nc2cccc(C(F)(F)F)c2)ncn1. The number of anilines is 2. The van der Waals surface area contributed by atoms with Gasteiger partial charge in [0.2, 0.25) is 11.7 Å². The van der Waals surface area contributed by atoms with Crippen LogP contribution in [-0.4, -0.2) is 42.0 Å². The highest BCUT2D eigenvalue weighted by molar-refractivity contribution is 6.03. The van der Waals surface area contributed by atoms with Crippen molar-refractivity contribution in [1.82, 2.24) is 9.97 Å². The van der Waals surface area contributed by atoms with E-state index in [4.69, 9.17) is 9.47 Å². The van der Waals surface area contributed by atoms with Crippen LogP contribution in [0.5, 0.6) is 11.6 Å². The number of Topliss-reactive ketones (excluding diaryl/α,β-unsaturated/α-hetero) is 1. The minimum atomic E-state index is -4.50. The number of fused-ring (bicyclic) bond motifs is 1. The van der Waals surface area contributed by atoms with Crippen molar-refractivity contribution in [3.63, 3.8) is 0 Å². The Morgan fingerprint density at radius 1 is 1.12 bits per heavy atom. The number of benzene rings is 2. The monoisotopic (exact) mass is 472 g/mol. The first-order chi connectivity index (χ1) is 16.2. The number of ether oxygens (including phenoxy) is 2. The van der Waals surface area contributed by atoms with E-state index in [2.05, 4.69) is 15.3 Å². The molecule has 11 heteroatoms. The van der Waals surface area contributed by atoms with Crippen molar-refractivity contribution in [2.24, 2.45) is 0 Å². The maximum atomic E-state index is 12.9. The number of carbonyl (C=O) groups is 2. The Balaban J connectivity index is 1.46. The minimum Gasteiger partial charge on any atom is -0.439 e. The molecule has 2 amide bonds. The first-order valence-electron chi connectivity index (χ1n) is 10.2. The third kappa shape index (κ3) is 5.15. The van der Waals surface area contributed by atoms with Gasteiger partial charge < -0.3 is 14.8 Å². The number of urea groups is 1. The quantitative estimate of drug-likeness (QED) is 0.523. The van der Waals surface area contributed by atoms with Gasteiger partial charge in [-0.25, -0.2) is 14.8 Å². The van der Waals surface area contributed by atoms with E-state index in [0.717, 1.165) is 17.7 Å². The van der Waals surface area contributed by atoms with Crippen LogP contribution < -0.4 is 15.0 Å². The number of aromatic nitrogens is 2. The molecule has 0 saturated carbocycles. The van der Waals surface area contributed by atoms with Crippen molar-refractivity contribution in [2.75, 3.05) is 30.5 Å². The molecule has 0 spiro atoms. The number of carbonyl (C=O) groups excluding carboxylic acids is 2. The lowest BCUT2D eigenvalue weighted by Crippen LogP contribution is -2.33. The molecular formula is C23H19F3N4O4. The summed E-state index contributed by atoms with van der Waals surface area (Å²) in [6, 6.07) is 10.4.